The van der Waals surface area contributed by atoms with Gasteiger partial charge in [-0.3, -0.25) is 9.69 Å². The van der Waals surface area contributed by atoms with Gasteiger partial charge in [0.05, 0.1) is 11.7 Å². The number of amides is 1. The van der Waals surface area contributed by atoms with Gasteiger partial charge in [-0.2, -0.15) is 0 Å². The number of nitrogens with zero attached hydrogens (tertiary/aromatic N) is 3. The Balaban J connectivity index is 1.27. The lowest BCUT2D eigenvalue weighted by atomic mass is 9.80. The maximum Gasteiger partial charge on any atom is 0.222 e. The van der Waals surface area contributed by atoms with E-state index in [0.29, 0.717) is 6.54 Å². The first-order valence-electron chi connectivity index (χ1n) is 11.2. The van der Waals surface area contributed by atoms with Crippen LogP contribution >= 0.6 is 0 Å². The highest BCUT2D eigenvalue weighted by Crippen LogP contribution is 2.41. The predicted molar refractivity (Wildman–Crippen MR) is 109 cm³/mol. The van der Waals surface area contributed by atoms with Crippen LogP contribution in [0.3, 0.4) is 0 Å². The minimum absolute atomic E-state index is 0.104. The van der Waals surface area contributed by atoms with Crippen LogP contribution in [-0.4, -0.2) is 97.8 Å². The van der Waals surface area contributed by atoms with Crippen LogP contribution in [-0.2, 0) is 9.53 Å². The van der Waals surface area contributed by atoms with Gasteiger partial charge in [0.15, 0.2) is 0 Å². The van der Waals surface area contributed by atoms with Gasteiger partial charge in [0.25, 0.3) is 0 Å². The van der Waals surface area contributed by atoms with Gasteiger partial charge in [-0.1, -0.05) is 20.8 Å². The Morgan fingerprint density at radius 1 is 1.04 bits per heavy atom. The third kappa shape index (κ3) is 5.66. The van der Waals surface area contributed by atoms with E-state index in [1.54, 1.807) is 0 Å². The van der Waals surface area contributed by atoms with E-state index in [1.165, 1.54) is 45.8 Å². The standard InChI is InChI=1S/C21H40N4O2/c1-4-18(3)20(26)22-17-19-16-21(27-19)6-8-24(9-7-21)14-15-25-12-10-23(5-2)11-13-25/h18-19H,4-17H2,1-3H3,(H,22,26). The van der Waals surface area contributed by atoms with Gasteiger partial charge >= 0.3 is 0 Å². The molecule has 2 unspecified atom stereocenters. The van der Waals surface area contributed by atoms with Crippen LogP contribution in [0.4, 0.5) is 0 Å². The lowest BCUT2D eigenvalue weighted by molar-refractivity contribution is -0.223. The fourth-order valence-corrected chi connectivity index (χ4v) is 4.56. The second kappa shape index (κ2) is 9.68. The number of piperidine rings is 1. The number of rotatable bonds is 8. The van der Waals surface area contributed by atoms with Crippen LogP contribution in [0.5, 0.6) is 0 Å². The number of ether oxygens (including phenoxy) is 1. The third-order valence-electron chi connectivity index (χ3n) is 6.99. The smallest absolute Gasteiger partial charge is 0.222 e. The number of piperazine rings is 1. The van der Waals surface area contributed by atoms with Gasteiger partial charge in [0.1, 0.15) is 0 Å². The zero-order valence-corrected chi connectivity index (χ0v) is 17.7. The zero-order valence-electron chi connectivity index (χ0n) is 17.7. The van der Waals surface area contributed by atoms with Gasteiger partial charge in [-0.15, -0.1) is 0 Å². The lowest BCUT2D eigenvalue weighted by Crippen LogP contribution is -2.59. The molecule has 1 amide bonds. The highest BCUT2D eigenvalue weighted by atomic mass is 16.5. The number of carbonyl (C=O) groups excluding carboxylic acids is 1. The van der Waals surface area contributed by atoms with Crippen molar-refractivity contribution >= 4 is 5.91 Å². The zero-order chi connectivity index (χ0) is 19.3. The van der Waals surface area contributed by atoms with Gasteiger partial charge < -0.3 is 19.9 Å². The van der Waals surface area contributed by atoms with E-state index >= 15 is 0 Å². The normalized spacial score (nSPS) is 28.0. The Bertz CT molecular complexity index is 463. The molecule has 3 saturated heterocycles. The van der Waals surface area contributed by atoms with E-state index in [2.05, 4.69) is 33.9 Å². The highest BCUT2D eigenvalue weighted by molar-refractivity contribution is 5.78. The largest absolute Gasteiger partial charge is 0.370 e. The SMILES string of the molecule is CCC(C)C(=O)NCC1CC2(CCN(CCN3CCN(CC)CC3)CC2)O1. The maximum atomic E-state index is 11.9. The molecule has 0 aromatic rings. The Labute approximate surface area is 165 Å². The van der Waals surface area contributed by atoms with Crippen LogP contribution in [0.25, 0.3) is 0 Å². The second-order valence-electron chi connectivity index (χ2n) is 8.80. The first-order valence-corrected chi connectivity index (χ1v) is 11.2. The van der Waals surface area contributed by atoms with Crippen LogP contribution in [0, 0.1) is 5.92 Å². The molecular formula is C21H40N4O2. The van der Waals surface area contributed by atoms with Crippen molar-refractivity contribution in [3.05, 3.63) is 0 Å². The number of hydrogen-bond acceptors (Lipinski definition) is 5. The summed E-state index contributed by atoms with van der Waals surface area (Å²) in [6.07, 6.45) is 4.52. The first-order chi connectivity index (χ1) is 13.0. The Hall–Kier alpha value is -0.690. The van der Waals surface area contributed by atoms with E-state index in [1.807, 2.05) is 6.92 Å². The Kier molecular flexibility index (Phi) is 7.54. The third-order valence-corrected chi connectivity index (χ3v) is 6.99. The van der Waals surface area contributed by atoms with E-state index < -0.39 is 0 Å². The fraction of sp³-hybridized carbons (Fsp3) is 0.952. The molecule has 0 aromatic heterocycles. The number of nitrogens with one attached hydrogen (secondary N) is 1. The minimum Gasteiger partial charge on any atom is -0.370 e. The molecule has 1 spiro atoms. The molecule has 3 aliphatic heterocycles. The van der Waals surface area contributed by atoms with Gasteiger partial charge in [-0.05, 0) is 25.8 Å². The molecule has 156 valence electrons. The average molecular weight is 381 g/mol. The summed E-state index contributed by atoms with van der Waals surface area (Å²) in [6.45, 7) is 17.8. The van der Waals surface area contributed by atoms with E-state index in [-0.39, 0.29) is 23.5 Å². The van der Waals surface area contributed by atoms with Crippen molar-refractivity contribution in [2.45, 2.75) is 58.2 Å². The molecule has 0 aliphatic carbocycles. The molecule has 0 radical (unpaired) electrons. The molecule has 0 saturated carbocycles. The quantitative estimate of drug-likeness (QED) is 0.690. The van der Waals surface area contributed by atoms with Crippen molar-refractivity contribution in [3.8, 4) is 0 Å². The molecule has 0 aromatic carbocycles. The van der Waals surface area contributed by atoms with Crippen LogP contribution < -0.4 is 5.32 Å². The molecule has 3 heterocycles. The number of carbonyl (C=O) groups is 1. The summed E-state index contributed by atoms with van der Waals surface area (Å²) in [7, 11) is 0. The van der Waals surface area contributed by atoms with Crippen molar-refractivity contribution < 1.29 is 9.53 Å². The minimum atomic E-state index is 0.104. The highest BCUT2D eigenvalue weighted by Gasteiger charge is 2.47. The summed E-state index contributed by atoms with van der Waals surface area (Å²) < 4.78 is 6.24. The molecule has 6 nitrogen and oxygen atoms in total. The second-order valence-corrected chi connectivity index (χ2v) is 8.80. The van der Waals surface area contributed by atoms with E-state index in [0.717, 1.165) is 38.8 Å². The topological polar surface area (TPSA) is 48.1 Å². The van der Waals surface area contributed by atoms with Crippen molar-refractivity contribution in [2.75, 3.05) is 65.4 Å². The van der Waals surface area contributed by atoms with Crippen LogP contribution in [0.2, 0.25) is 0 Å². The van der Waals surface area contributed by atoms with Crippen molar-refractivity contribution in [1.29, 1.82) is 0 Å². The first kappa shape index (κ1) is 21.0. The van der Waals surface area contributed by atoms with Gasteiger partial charge in [-0.25, -0.2) is 0 Å². The van der Waals surface area contributed by atoms with Crippen LogP contribution in [0.15, 0.2) is 0 Å². The molecule has 27 heavy (non-hydrogen) atoms. The molecule has 3 aliphatic rings. The molecule has 3 fully saturated rings. The fourth-order valence-electron chi connectivity index (χ4n) is 4.56. The molecule has 6 heteroatoms. The summed E-state index contributed by atoms with van der Waals surface area (Å²) in [5.74, 6) is 0.267. The monoisotopic (exact) mass is 380 g/mol. The van der Waals surface area contributed by atoms with Crippen molar-refractivity contribution in [2.24, 2.45) is 5.92 Å². The summed E-state index contributed by atoms with van der Waals surface area (Å²) in [5.41, 5.74) is 0.106. The Morgan fingerprint density at radius 2 is 1.59 bits per heavy atom. The number of likely N-dealkylation sites (tertiary alicyclic amines) is 1. The summed E-state index contributed by atoms with van der Waals surface area (Å²) in [5, 5.41) is 3.05. The van der Waals surface area contributed by atoms with Crippen LogP contribution in [0.1, 0.15) is 46.5 Å². The molecule has 2 atom stereocenters. The molecular weight excluding hydrogens is 340 g/mol. The molecule has 1 N–H and O–H groups in total. The van der Waals surface area contributed by atoms with Gasteiger partial charge in [0.2, 0.25) is 5.91 Å². The summed E-state index contributed by atoms with van der Waals surface area (Å²) in [4.78, 5) is 19.7. The lowest BCUT2D eigenvalue weighted by Gasteiger charge is -2.52. The van der Waals surface area contributed by atoms with Gasteiger partial charge in [0, 0.05) is 71.2 Å². The maximum absolute atomic E-state index is 11.9. The Morgan fingerprint density at radius 3 is 2.15 bits per heavy atom. The van der Waals surface area contributed by atoms with E-state index in [4.69, 9.17) is 4.74 Å². The molecule has 3 rings (SSSR count). The molecule has 0 bridgehead atoms. The average Bonchev–Trinajstić information content (AvgIpc) is 2.69. The van der Waals surface area contributed by atoms with Crippen molar-refractivity contribution in [1.82, 2.24) is 20.0 Å². The number of likely N-dealkylation sites (N-methyl/N-ethyl adjacent to an activating group) is 1. The van der Waals surface area contributed by atoms with E-state index in [9.17, 15) is 4.79 Å². The predicted octanol–water partition coefficient (Wildman–Crippen LogP) is 1.41. The number of hydrogen-bond donors (Lipinski definition) is 1. The summed E-state index contributed by atoms with van der Waals surface area (Å²) in [6, 6.07) is 0. The van der Waals surface area contributed by atoms with Crippen molar-refractivity contribution in [3.63, 3.8) is 0 Å². The summed E-state index contributed by atoms with van der Waals surface area (Å²) >= 11 is 0.